The number of aryl methyl sites for hydroxylation is 1. The molecule has 0 atom stereocenters. The molecule has 0 unspecified atom stereocenters. The molecule has 1 N–H and O–H groups in total. The highest BCUT2D eigenvalue weighted by Gasteiger charge is 2.24. The molecule has 110 valence electrons. The van der Waals surface area contributed by atoms with Crippen molar-refractivity contribution in [1.82, 2.24) is 9.78 Å². The number of aromatic nitrogens is 2. The van der Waals surface area contributed by atoms with E-state index >= 15 is 0 Å². The zero-order chi connectivity index (χ0) is 15.6. The molecule has 0 saturated heterocycles. The molecule has 5 nitrogen and oxygen atoms in total. The van der Waals surface area contributed by atoms with Gasteiger partial charge in [0.2, 0.25) is 0 Å². The van der Waals surface area contributed by atoms with E-state index in [4.69, 9.17) is 0 Å². The van der Waals surface area contributed by atoms with Crippen molar-refractivity contribution in [2.24, 2.45) is 0 Å². The van der Waals surface area contributed by atoms with E-state index in [-0.39, 0.29) is 5.56 Å². The standard InChI is InChI=1S/C16H19N3O2/c1-11(2)10-18(4)15-14(16(20)21)12(3)17-19(15)13-8-6-5-7-9-13/h5-9H,1,10H2,2-4H3,(H,20,21). The van der Waals surface area contributed by atoms with E-state index in [0.29, 0.717) is 18.1 Å². The van der Waals surface area contributed by atoms with Gasteiger partial charge in [0.05, 0.1) is 11.4 Å². The minimum atomic E-state index is -0.974. The number of carboxylic acid groups (broad SMARTS) is 1. The van der Waals surface area contributed by atoms with Gasteiger partial charge in [0, 0.05) is 13.6 Å². The minimum absolute atomic E-state index is 0.225. The van der Waals surface area contributed by atoms with Crippen molar-refractivity contribution in [3.05, 3.63) is 53.7 Å². The largest absolute Gasteiger partial charge is 0.477 e. The first kappa shape index (κ1) is 14.8. The molecule has 0 radical (unpaired) electrons. The number of benzene rings is 1. The fourth-order valence-electron chi connectivity index (χ4n) is 2.35. The summed E-state index contributed by atoms with van der Waals surface area (Å²) in [5, 5.41) is 13.9. The first-order chi connectivity index (χ1) is 9.91. The SMILES string of the molecule is C=C(C)CN(C)c1c(C(=O)O)c(C)nn1-c1ccccc1. The van der Waals surface area contributed by atoms with Gasteiger partial charge in [-0.05, 0) is 26.0 Å². The van der Waals surface area contributed by atoms with E-state index in [2.05, 4.69) is 11.7 Å². The van der Waals surface area contributed by atoms with Crippen molar-refractivity contribution in [2.45, 2.75) is 13.8 Å². The van der Waals surface area contributed by atoms with E-state index < -0.39 is 5.97 Å². The molecular weight excluding hydrogens is 266 g/mol. The third kappa shape index (κ3) is 2.97. The molecule has 0 bridgehead atoms. The van der Waals surface area contributed by atoms with E-state index in [1.54, 1.807) is 11.6 Å². The average molecular weight is 285 g/mol. The van der Waals surface area contributed by atoms with Crippen molar-refractivity contribution < 1.29 is 9.90 Å². The molecule has 0 saturated carbocycles. The van der Waals surface area contributed by atoms with Gasteiger partial charge in [-0.25, -0.2) is 9.48 Å². The highest BCUT2D eigenvalue weighted by atomic mass is 16.4. The maximum absolute atomic E-state index is 11.6. The van der Waals surface area contributed by atoms with Gasteiger partial charge in [-0.2, -0.15) is 5.10 Å². The second-order valence-corrected chi connectivity index (χ2v) is 5.15. The highest BCUT2D eigenvalue weighted by molar-refractivity contribution is 5.95. The second kappa shape index (κ2) is 5.83. The predicted octanol–water partition coefficient (Wildman–Crippen LogP) is 2.89. The lowest BCUT2D eigenvalue weighted by Gasteiger charge is -2.21. The van der Waals surface area contributed by atoms with Gasteiger partial charge in [-0.3, -0.25) is 0 Å². The number of aromatic carboxylic acids is 1. The second-order valence-electron chi connectivity index (χ2n) is 5.15. The number of carboxylic acids is 1. The summed E-state index contributed by atoms with van der Waals surface area (Å²) in [6, 6.07) is 9.51. The lowest BCUT2D eigenvalue weighted by Crippen LogP contribution is -2.24. The van der Waals surface area contributed by atoms with Gasteiger partial charge >= 0.3 is 5.97 Å². The van der Waals surface area contributed by atoms with Gasteiger partial charge in [-0.1, -0.05) is 30.4 Å². The maximum Gasteiger partial charge on any atom is 0.341 e. The molecule has 0 aliphatic carbocycles. The van der Waals surface area contributed by atoms with Crippen LogP contribution in [0, 0.1) is 6.92 Å². The lowest BCUT2D eigenvalue weighted by atomic mass is 10.2. The van der Waals surface area contributed by atoms with Crippen LogP contribution in [0.25, 0.3) is 5.69 Å². The Morgan fingerprint density at radius 2 is 2.00 bits per heavy atom. The Balaban J connectivity index is 2.63. The zero-order valence-electron chi connectivity index (χ0n) is 12.5. The van der Waals surface area contributed by atoms with Crippen LogP contribution in [0.4, 0.5) is 5.82 Å². The number of para-hydroxylation sites is 1. The molecule has 0 fully saturated rings. The predicted molar refractivity (Wildman–Crippen MR) is 83.3 cm³/mol. The summed E-state index contributed by atoms with van der Waals surface area (Å²) in [6.07, 6.45) is 0. The van der Waals surface area contributed by atoms with Gasteiger partial charge in [-0.15, -0.1) is 0 Å². The topological polar surface area (TPSA) is 58.4 Å². The smallest absolute Gasteiger partial charge is 0.341 e. The molecule has 1 heterocycles. The van der Waals surface area contributed by atoms with Crippen LogP contribution in [0.15, 0.2) is 42.5 Å². The van der Waals surface area contributed by atoms with Crippen molar-refractivity contribution >= 4 is 11.8 Å². The first-order valence-electron chi connectivity index (χ1n) is 6.65. The number of carbonyl (C=O) groups is 1. The number of rotatable bonds is 5. The molecule has 0 spiro atoms. The highest BCUT2D eigenvalue weighted by Crippen LogP contribution is 2.27. The van der Waals surface area contributed by atoms with E-state index in [1.807, 2.05) is 49.2 Å². The quantitative estimate of drug-likeness (QED) is 0.858. The van der Waals surface area contributed by atoms with Crippen molar-refractivity contribution in [3.8, 4) is 5.69 Å². The van der Waals surface area contributed by atoms with Crippen LogP contribution in [-0.2, 0) is 0 Å². The number of anilines is 1. The first-order valence-corrected chi connectivity index (χ1v) is 6.65. The lowest BCUT2D eigenvalue weighted by molar-refractivity contribution is 0.0697. The molecule has 0 amide bonds. The van der Waals surface area contributed by atoms with Gasteiger partial charge in [0.15, 0.2) is 0 Å². The summed E-state index contributed by atoms with van der Waals surface area (Å²) < 4.78 is 1.67. The van der Waals surface area contributed by atoms with Crippen LogP contribution in [0.2, 0.25) is 0 Å². The van der Waals surface area contributed by atoms with E-state index in [0.717, 1.165) is 11.3 Å². The number of likely N-dealkylation sites (N-methyl/N-ethyl adjacent to an activating group) is 1. The summed E-state index contributed by atoms with van der Waals surface area (Å²) in [5.41, 5.74) is 2.50. The molecule has 1 aromatic carbocycles. The molecular formula is C16H19N3O2. The maximum atomic E-state index is 11.6. The Morgan fingerprint density at radius 1 is 1.38 bits per heavy atom. The van der Waals surface area contributed by atoms with Gasteiger partial charge in [0.1, 0.15) is 11.4 Å². The Hall–Kier alpha value is -2.56. The van der Waals surface area contributed by atoms with Gasteiger partial charge < -0.3 is 10.0 Å². The van der Waals surface area contributed by atoms with E-state index in [1.165, 1.54) is 0 Å². The van der Waals surface area contributed by atoms with Crippen molar-refractivity contribution in [3.63, 3.8) is 0 Å². The average Bonchev–Trinajstić information content (AvgIpc) is 2.76. The minimum Gasteiger partial charge on any atom is -0.477 e. The summed E-state index contributed by atoms with van der Waals surface area (Å²) in [4.78, 5) is 13.4. The fourth-order valence-corrected chi connectivity index (χ4v) is 2.35. The van der Waals surface area contributed by atoms with Crippen LogP contribution in [0.3, 0.4) is 0 Å². The zero-order valence-corrected chi connectivity index (χ0v) is 12.5. The van der Waals surface area contributed by atoms with Crippen LogP contribution < -0.4 is 4.90 Å². The molecule has 1 aromatic heterocycles. The normalized spacial score (nSPS) is 10.4. The Labute approximate surface area is 124 Å². The number of nitrogens with zero attached hydrogens (tertiary/aromatic N) is 3. The third-order valence-electron chi connectivity index (χ3n) is 3.12. The van der Waals surface area contributed by atoms with Crippen molar-refractivity contribution in [1.29, 1.82) is 0 Å². The van der Waals surface area contributed by atoms with Crippen LogP contribution in [0.5, 0.6) is 0 Å². The Morgan fingerprint density at radius 3 is 2.52 bits per heavy atom. The molecule has 21 heavy (non-hydrogen) atoms. The number of hydrogen-bond acceptors (Lipinski definition) is 3. The summed E-state index contributed by atoms with van der Waals surface area (Å²) >= 11 is 0. The fraction of sp³-hybridized carbons (Fsp3) is 0.250. The van der Waals surface area contributed by atoms with Gasteiger partial charge in [0.25, 0.3) is 0 Å². The summed E-state index contributed by atoms with van der Waals surface area (Å²) in [7, 11) is 1.84. The molecule has 2 aromatic rings. The summed E-state index contributed by atoms with van der Waals surface area (Å²) in [5.74, 6) is -0.410. The Bertz CT molecular complexity index is 674. The van der Waals surface area contributed by atoms with Crippen LogP contribution >= 0.6 is 0 Å². The molecule has 2 rings (SSSR count). The van der Waals surface area contributed by atoms with Crippen LogP contribution in [-0.4, -0.2) is 34.4 Å². The molecule has 5 heteroatoms. The molecule has 0 aliphatic heterocycles. The molecule has 0 aliphatic rings. The Kier molecular flexibility index (Phi) is 4.12. The third-order valence-corrected chi connectivity index (χ3v) is 3.12. The summed E-state index contributed by atoms with van der Waals surface area (Å²) in [6.45, 7) is 8.07. The van der Waals surface area contributed by atoms with E-state index in [9.17, 15) is 9.90 Å². The van der Waals surface area contributed by atoms with Crippen molar-refractivity contribution in [2.75, 3.05) is 18.5 Å². The monoisotopic (exact) mass is 285 g/mol. The van der Waals surface area contributed by atoms with Crippen LogP contribution in [0.1, 0.15) is 23.0 Å². The number of hydrogen-bond donors (Lipinski definition) is 1.